The van der Waals surface area contributed by atoms with Crippen LogP contribution in [0.1, 0.15) is 40.7 Å². The van der Waals surface area contributed by atoms with E-state index in [0.717, 1.165) is 17.4 Å². The molecule has 3 rings (SSSR count). The van der Waals surface area contributed by atoms with Gasteiger partial charge in [0.15, 0.2) is 11.5 Å². The van der Waals surface area contributed by atoms with Crippen molar-refractivity contribution < 1.29 is 18.0 Å². The molecule has 0 fully saturated rings. The van der Waals surface area contributed by atoms with Crippen LogP contribution in [0.15, 0.2) is 17.8 Å². The first-order valence-electron chi connectivity index (χ1n) is 7.41. The van der Waals surface area contributed by atoms with Crippen LogP contribution >= 0.6 is 11.3 Å². The summed E-state index contributed by atoms with van der Waals surface area (Å²) in [6.45, 7) is 3.17. The van der Waals surface area contributed by atoms with Crippen LogP contribution in [-0.4, -0.2) is 35.4 Å². The van der Waals surface area contributed by atoms with Gasteiger partial charge in [-0.15, -0.1) is 21.5 Å². The molecular weight excluding hydrogens is 371 g/mol. The fourth-order valence-electron chi connectivity index (χ4n) is 2.33. The zero-order valence-electron chi connectivity index (χ0n) is 13.9. The van der Waals surface area contributed by atoms with Crippen LogP contribution in [0, 0.1) is 6.92 Å². The Balaban J connectivity index is 1.82. The molecule has 1 unspecified atom stereocenters. The van der Waals surface area contributed by atoms with E-state index in [1.807, 2.05) is 0 Å². The molecule has 3 aromatic heterocycles. The Bertz CT molecular complexity index is 943. The summed E-state index contributed by atoms with van der Waals surface area (Å²) in [5, 5.41) is 15.5. The summed E-state index contributed by atoms with van der Waals surface area (Å²) in [6.07, 6.45) is -3.08. The molecule has 1 N–H and O–H groups in total. The highest BCUT2D eigenvalue weighted by molar-refractivity contribution is 7.12. The molecule has 3 heterocycles. The lowest BCUT2D eigenvalue weighted by Gasteiger charge is -2.11. The molecule has 0 saturated heterocycles. The number of hydrogen-bond donors (Lipinski definition) is 1. The Labute approximate surface area is 149 Å². The average molecular weight is 385 g/mol. The number of hydrogen-bond acceptors (Lipinski definition) is 6. The number of nitrogens with one attached hydrogen (secondary N) is 1. The van der Waals surface area contributed by atoms with E-state index in [0.29, 0.717) is 10.5 Å². The highest BCUT2D eigenvalue weighted by Gasteiger charge is 2.36. The van der Waals surface area contributed by atoms with Crippen molar-refractivity contribution in [3.8, 4) is 5.13 Å². The molecule has 0 aliphatic heterocycles. The van der Waals surface area contributed by atoms with Crippen LogP contribution < -0.4 is 5.32 Å². The molecule has 8 nitrogen and oxygen atoms in total. The van der Waals surface area contributed by atoms with Gasteiger partial charge < -0.3 is 9.88 Å². The van der Waals surface area contributed by atoms with Crippen molar-refractivity contribution in [2.75, 3.05) is 0 Å². The summed E-state index contributed by atoms with van der Waals surface area (Å²) in [7, 11) is 1.73. The highest BCUT2D eigenvalue weighted by Crippen LogP contribution is 2.32. The molecule has 12 heteroatoms. The number of aryl methyl sites for hydroxylation is 2. The molecule has 0 aliphatic rings. The van der Waals surface area contributed by atoms with E-state index in [9.17, 15) is 18.0 Å². The number of thiazole rings is 1. The number of amides is 1. The van der Waals surface area contributed by atoms with Gasteiger partial charge >= 0.3 is 6.18 Å². The molecular formula is C14H14F3N7OS. The summed E-state index contributed by atoms with van der Waals surface area (Å²) in [5.74, 6) is 0.0105. The summed E-state index contributed by atoms with van der Waals surface area (Å²) in [4.78, 5) is 16.3. The summed E-state index contributed by atoms with van der Waals surface area (Å²) in [6, 6.07) is 0.481. The van der Waals surface area contributed by atoms with Gasteiger partial charge in [-0.3, -0.25) is 4.79 Å². The smallest absolute Gasteiger partial charge is 0.341 e. The molecule has 0 saturated carbocycles. The van der Waals surface area contributed by atoms with Crippen molar-refractivity contribution >= 4 is 17.2 Å². The van der Waals surface area contributed by atoms with E-state index in [2.05, 4.69) is 25.6 Å². The highest BCUT2D eigenvalue weighted by atomic mass is 32.1. The average Bonchev–Trinajstić information content (AvgIpc) is 3.24. The second-order valence-electron chi connectivity index (χ2n) is 5.59. The molecule has 3 aromatic rings. The van der Waals surface area contributed by atoms with Crippen LogP contribution in [0.4, 0.5) is 13.2 Å². The fourth-order valence-corrected chi connectivity index (χ4v) is 3.10. The Morgan fingerprint density at radius 3 is 2.73 bits per heavy atom. The topological polar surface area (TPSA) is 90.5 Å². The van der Waals surface area contributed by atoms with Crippen LogP contribution in [0.5, 0.6) is 0 Å². The van der Waals surface area contributed by atoms with Crippen molar-refractivity contribution in [3.05, 3.63) is 40.7 Å². The normalized spacial score (nSPS) is 13.0. The number of nitrogens with zero attached hydrogens (tertiary/aromatic N) is 6. The number of rotatable bonds is 4. The molecule has 0 radical (unpaired) electrons. The Kier molecular flexibility index (Phi) is 4.52. The lowest BCUT2D eigenvalue weighted by Crippen LogP contribution is -2.28. The van der Waals surface area contributed by atoms with E-state index >= 15 is 0 Å². The largest absolute Gasteiger partial charge is 0.433 e. The summed E-state index contributed by atoms with van der Waals surface area (Å²) < 4.78 is 41.7. The van der Waals surface area contributed by atoms with E-state index < -0.39 is 23.8 Å². The van der Waals surface area contributed by atoms with E-state index in [4.69, 9.17) is 0 Å². The van der Waals surface area contributed by atoms with Gasteiger partial charge in [-0.25, -0.2) is 9.67 Å². The van der Waals surface area contributed by atoms with Crippen molar-refractivity contribution in [2.24, 2.45) is 7.05 Å². The first kappa shape index (κ1) is 18.0. The van der Waals surface area contributed by atoms with Crippen molar-refractivity contribution in [3.63, 3.8) is 0 Å². The van der Waals surface area contributed by atoms with Gasteiger partial charge in [-0.2, -0.15) is 18.3 Å². The minimum absolute atomic E-state index is 0.000274. The number of carbonyl (C=O) groups excluding carboxylic acids is 1. The van der Waals surface area contributed by atoms with Crippen molar-refractivity contribution in [2.45, 2.75) is 26.1 Å². The SMILES string of the molecule is Cc1cc(C(F)(F)F)n(-c2nc(C(=O)NC(C)c3nncn3C)cs2)n1. The summed E-state index contributed by atoms with van der Waals surface area (Å²) >= 11 is 0.898. The lowest BCUT2D eigenvalue weighted by molar-refractivity contribution is -0.142. The van der Waals surface area contributed by atoms with Gasteiger partial charge in [0.25, 0.3) is 5.91 Å². The number of alkyl halides is 3. The van der Waals surface area contributed by atoms with E-state index in [1.54, 1.807) is 18.5 Å². The molecule has 0 spiro atoms. The quantitative estimate of drug-likeness (QED) is 0.744. The van der Waals surface area contributed by atoms with Gasteiger partial charge in [-0.05, 0) is 19.9 Å². The first-order chi connectivity index (χ1) is 12.2. The fraction of sp³-hybridized carbons (Fsp3) is 0.357. The Hall–Kier alpha value is -2.76. The zero-order chi connectivity index (χ0) is 19.1. The van der Waals surface area contributed by atoms with Gasteiger partial charge in [0.1, 0.15) is 12.0 Å². The number of aromatic nitrogens is 6. The van der Waals surface area contributed by atoms with Gasteiger partial charge in [-0.1, -0.05) is 0 Å². The lowest BCUT2D eigenvalue weighted by atomic mass is 10.3. The minimum atomic E-state index is -4.57. The maximum atomic E-state index is 13.1. The molecule has 138 valence electrons. The van der Waals surface area contributed by atoms with Crippen molar-refractivity contribution in [1.82, 2.24) is 34.8 Å². The number of carbonyl (C=O) groups is 1. The molecule has 0 bridgehead atoms. The van der Waals surface area contributed by atoms with Crippen LogP contribution in [-0.2, 0) is 13.2 Å². The third-order valence-electron chi connectivity index (χ3n) is 3.51. The number of halogens is 3. The third-order valence-corrected chi connectivity index (χ3v) is 4.33. The molecule has 0 aliphatic carbocycles. The zero-order valence-corrected chi connectivity index (χ0v) is 14.8. The second kappa shape index (κ2) is 6.52. The Morgan fingerprint density at radius 2 is 2.12 bits per heavy atom. The molecule has 26 heavy (non-hydrogen) atoms. The summed E-state index contributed by atoms with van der Waals surface area (Å²) in [5.41, 5.74) is -0.738. The van der Waals surface area contributed by atoms with E-state index in [-0.39, 0.29) is 16.5 Å². The standard InChI is InChI=1S/C14H14F3N7OS/c1-7-4-10(14(15,16)17)24(22-7)13-20-9(5-26-13)12(25)19-8(2)11-21-18-6-23(11)3/h4-6,8H,1-3H3,(H,19,25). The molecule has 1 amide bonds. The molecule has 1 atom stereocenters. The van der Waals surface area contributed by atoms with Crippen LogP contribution in [0.25, 0.3) is 5.13 Å². The minimum Gasteiger partial charge on any atom is -0.341 e. The Morgan fingerprint density at radius 1 is 1.38 bits per heavy atom. The van der Waals surface area contributed by atoms with Gasteiger partial charge in [0, 0.05) is 12.4 Å². The maximum Gasteiger partial charge on any atom is 0.433 e. The van der Waals surface area contributed by atoms with Gasteiger partial charge in [0.2, 0.25) is 5.13 Å². The second-order valence-corrected chi connectivity index (χ2v) is 6.43. The van der Waals surface area contributed by atoms with Gasteiger partial charge in [0.05, 0.1) is 11.7 Å². The van der Waals surface area contributed by atoms with Crippen LogP contribution in [0.2, 0.25) is 0 Å². The predicted molar refractivity (Wildman–Crippen MR) is 85.9 cm³/mol. The first-order valence-corrected chi connectivity index (χ1v) is 8.29. The van der Waals surface area contributed by atoms with Crippen LogP contribution in [0.3, 0.4) is 0 Å². The van der Waals surface area contributed by atoms with Crippen molar-refractivity contribution in [1.29, 1.82) is 0 Å². The maximum absolute atomic E-state index is 13.1. The van der Waals surface area contributed by atoms with E-state index in [1.165, 1.54) is 18.6 Å². The predicted octanol–water partition coefficient (Wildman–Crippen LogP) is 2.28. The third kappa shape index (κ3) is 3.45. The molecule has 0 aromatic carbocycles. The monoisotopic (exact) mass is 385 g/mol.